The maximum Gasteiger partial charge on any atom is 0.244 e. The largest absolute Gasteiger partial charge is 0.341 e. The van der Waals surface area contributed by atoms with E-state index in [1.807, 2.05) is 54.3 Å². The topological polar surface area (TPSA) is 40.6 Å². The highest BCUT2D eigenvalue weighted by Crippen LogP contribution is 2.31. The second-order valence-electron chi connectivity index (χ2n) is 8.39. The molecule has 2 aromatic rings. The Morgan fingerprint density at radius 2 is 1.48 bits per heavy atom. The number of carbonyl (C=O) groups excluding carboxylic acids is 2. The normalized spacial score (nSPS) is 19.3. The Labute approximate surface area is 173 Å². The number of carbonyl (C=O) groups is 2. The predicted octanol–water partition coefficient (Wildman–Crippen LogP) is 4.25. The summed E-state index contributed by atoms with van der Waals surface area (Å²) < 4.78 is 0. The third-order valence-corrected chi connectivity index (χ3v) is 6.37. The molecule has 0 aliphatic carbocycles. The van der Waals surface area contributed by atoms with Crippen molar-refractivity contribution in [2.45, 2.75) is 38.6 Å². The molecule has 152 valence electrons. The highest BCUT2D eigenvalue weighted by molar-refractivity contribution is 5.98. The molecule has 0 N–H and O–H groups in total. The molecule has 0 radical (unpaired) electrons. The minimum atomic E-state index is -0.232. The third-order valence-electron chi connectivity index (χ3n) is 6.37. The van der Waals surface area contributed by atoms with E-state index in [1.165, 1.54) is 5.56 Å². The van der Waals surface area contributed by atoms with Crippen molar-refractivity contribution in [3.05, 3.63) is 71.3 Å². The zero-order valence-corrected chi connectivity index (χ0v) is 17.2. The second kappa shape index (κ2) is 8.91. The van der Waals surface area contributed by atoms with Crippen molar-refractivity contribution < 1.29 is 9.59 Å². The van der Waals surface area contributed by atoms with E-state index in [1.54, 1.807) is 0 Å². The van der Waals surface area contributed by atoms with Gasteiger partial charge < -0.3 is 4.90 Å². The molecular formula is C25H30N2O2. The maximum absolute atomic E-state index is 13.3. The lowest BCUT2D eigenvalue weighted by Gasteiger charge is -2.38. The molecule has 2 saturated heterocycles. The molecule has 0 bridgehead atoms. The predicted molar refractivity (Wildman–Crippen MR) is 115 cm³/mol. The molecular weight excluding hydrogens is 360 g/mol. The van der Waals surface area contributed by atoms with Gasteiger partial charge in [-0.05, 0) is 51.3 Å². The number of likely N-dealkylation sites (tertiary alicyclic amines) is 2. The molecule has 1 amide bonds. The van der Waals surface area contributed by atoms with Crippen LogP contribution in [0.4, 0.5) is 0 Å². The van der Waals surface area contributed by atoms with Gasteiger partial charge in [-0.1, -0.05) is 60.2 Å². The van der Waals surface area contributed by atoms with E-state index in [2.05, 4.69) is 17.0 Å². The van der Waals surface area contributed by atoms with Gasteiger partial charge in [0.2, 0.25) is 5.91 Å². The average molecular weight is 391 g/mol. The first-order valence-corrected chi connectivity index (χ1v) is 10.8. The van der Waals surface area contributed by atoms with Gasteiger partial charge in [0.25, 0.3) is 0 Å². The van der Waals surface area contributed by atoms with Crippen LogP contribution in [-0.4, -0.2) is 47.7 Å². The Kier molecular flexibility index (Phi) is 6.10. The third kappa shape index (κ3) is 4.43. The highest BCUT2D eigenvalue weighted by Gasteiger charge is 2.35. The number of piperidine rings is 1. The molecule has 2 fully saturated rings. The van der Waals surface area contributed by atoms with Crippen LogP contribution in [-0.2, 0) is 4.79 Å². The quantitative estimate of drug-likeness (QED) is 0.717. The summed E-state index contributed by atoms with van der Waals surface area (Å²) in [4.78, 5) is 30.5. The smallest absolute Gasteiger partial charge is 0.244 e. The van der Waals surface area contributed by atoms with Crippen LogP contribution in [0.5, 0.6) is 0 Å². The van der Waals surface area contributed by atoms with E-state index in [-0.39, 0.29) is 23.7 Å². The summed E-state index contributed by atoms with van der Waals surface area (Å²) >= 11 is 0. The number of hydrogen-bond donors (Lipinski definition) is 0. The number of rotatable bonds is 5. The van der Waals surface area contributed by atoms with Gasteiger partial charge in [0.1, 0.15) is 6.04 Å². The molecule has 1 atom stereocenters. The fourth-order valence-corrected chi connectivity index (χ4v) is 4.63. The lowest BCUT2D eigenvalue weighted by molar-refractivity contribution is -0.136. The van der Waals surface area contributed by atoms with Crippen LogP contribution in [0.3, 0.4) is 0 Å². The fourth-order valence-electron chi connectivity index (χ4n) is 4.63. The van der Waals surface area contributed by atoms with Gasteiger partial charge in [-0.15, -0.1) is 0 Å². The van der Waals surface area contributed by atoms with Crippen LogP contribution in [0.15, 0.2) is 54.6 Å². The summed E-state index contributed by atoms with van der Waals surface area (Å²) in [5, 5.41) is 0. The Hall–Kier alpha value is -2.46. The van der Waals surface area contributed by atoms with E-state index in [0.717, 1.165) is 63.0 Å². The van der Waals surface area contributed by atoms with Gasteiger partial charge in [0.15, 0.2) is 5.78 Å². The summed E-state index contributed by atoms with van der Waals surface area (Å²) in [7, 11) is 0. The van der Waals surface area contributed by atoms with Crippen LogP contribution in [0.25, 0.3) is 0 Å². The van der Waals surface area contributed by atoms with Crippen molar-refractivity contribution in [2.75, 3.05) is 26.2 Å². The molecule has 1 unspecified atom stereocenters. The maximum atomic E-state index is 13.3. The molecule has 2 aliphatic heterocycles. The summed E-state index contributed by atoms with van der Waals surface area (Å²) in [6.45, 7) is 5.33. The standard InChI is InChI=1S/C25H30N2O2/c1-19-9-11-21(12-10-19)24(28)22-13-17-26(18-14-22)23(20-7-3-2-4-8-20)25(29)27-15-5-6-16-27/h2-4,7-12,22-23H,5-6,13-18H2,1H3. The molecule has 2 aliphatic rings. The number of nitrogens with zero attached hydrogens (tertiary/aromatic N) is 2. The fraction of sp³-hybridized carbons (Fsp3) is 0.440. The first-order chi connectivity index (χ1) is 14.1. The molecule has 0 aromatic heterocycles. The van der Waals surface area contributed by atoms with Crippen molar-refractivity contribution in [3.8, 4) is 0 Å². The number of benzene rings is 2. The number of amides is 1. The van der Waals surface area contributed by atoms with Gasteiger partial charge in [-0.2, -0.15) is 0 Å². The molecule has 2 aromatic carbocycles. The Bertz CT molecular complexity index is 833. The van der Waals surface area contributed by atoms with Crippen molar-refractivity contribution in [1.82, 2.24) is 9.80 Å². The lowest BCUT2D eigenvalue weighted by Crippen LogP contribution is -2.46. The van der Waals surface area contributed by atoms with Crippen molar-refractivity contribution in [1.29, 1.82) is 0 Å². The monoisotopic (exact) mass is 390 g/mol. The van der Waals surface area contributed by atoms with E-state index < -0.39 is 0 Å². The van der Waals surface area contributed by atoms with Crippen LogP contribution in [0, 0.1) is 12.8 Å². The molecule has 2 heterocycles. The molecule has 4 nitrogen and oxygen atoms in total. The Morgan fingerprint density at radius 3 is 2.10 bits per heavy atom. The van der Waals surface area contributed by atoms with E-state index in [9.17, 15) is 9.59 Å². The van der Waals surface area contributed by atoms with E-state index in [4.69, 9.17) is 0 Å². The first kappa shape index (κ1) is 19.8. The van der Waals surface area contributed by atoms with Crippen LogP contribution in [0.1, 0.15) is 53.2 Å². The van der Waals surface area contributed by atoms with Gasteiger partial charge in [0, 0.05) is 24.6 Å². The van der Waals surface area contributed by atoms with Crippen molar-refractivity contribution >= 4 is 11.7 Å². The van der Waals surface area contributed by atoms with Crippen LogP contribution in [0.2, 0.25) is 0 Å². The van der Waals surface area contributed by atoms with Gasteiger partial charge in [0.05, 0.1) is 0 Å². The zero-order valence-electron chi connectivity index (χ0n) is 17.2. The average Bonchev–Trinajstić information content (AvgIpc) is 3.30. The van der Waals surface area contributed by atoms with Gasteiger partial charge in [-0.3, -0.25) is 14.5 Å². The summed E-state index contributed by atoms with van der Waals surface area (Å²) in [6, 6.07) is 17.8. The lowest BCUT2D eigenvalue weighted by atomic mass is 9.87. The van der Waals surface area contributed by atoms with Crippen molar-refractivity contribution in [3.63, 3.8) is 0 Å². The zero-order chi connectivity index (χ0) is 20.2. The Morgan fingerprint density at radius 1 is 0.862 bits per heavy atom. The summed E-state index contributed by atoms with van der Waals surface area (Å²) in [6.07, 6.45) is 3.81. The minimum absolute atomic E-state index is 0.0484. The second-order valence-corrected chi connectivity index (χ2v) is 8.39. The van der Waals surface area contributed by atoms with Gasteiger partial charge >= 0.3 is 0 Å². The molecule has 4 rings (SSSR count). The first-order valence-electron chi connectivity index (χ1n) is 10.8. The van der Waals surface area contributed by atoms with E-state index in [0.29, 0.717) is 0 Å². The summed E-state index contributed by atoms with van der Waals surface area (Å²) in [5.41, 5.74) is 3.04. The van der Waals surface area contributed by atoms with Crippen molar-refractivity contribution in [2.24, 2.45) is 5.92 Å². The van der Waals surface area contributed by atoms with Crippen LogP contribution < -0.4 is 0 Å². The molecule has 4 heteroatoms. The highest BCUT2D eigenvalue weighted by atomic mass is 16.2. The SMILES string of the molecule is Cc1ccc(C(=O)C2CCN(C(C(=O)N3CCCC3)c3ccccc3)CC2)cc1. The Balaban J connectivity index is 1.47. The number of ketones is 1. The number of aryl methyl sites for hydroxylation is 1. The molecule has 0 spiro atoms. The summed E-state index contributed by atoms with van der Waals surface area (Å²) in [5.74, 6) is 0.510. The van der Waals surface area contributed by atoms with Gasteiger partial charge in [-0.25, -0.2) is 0 Å². The molecule has 0 saturated carbocycles. The number of Topliss-reactive ketones (excluding diaryl/α,β-unsaturated/α-hetero) is 1. The molecule has 29 heavy (non-hydrogen) atoms. The van der Waals surface area contributed by atoms with Crippen LogP contribution >= 0.6 is 0 Å². The minimum Gasteiger partial charge on any atom is -0.341 e. The number of hydrogen-bond acceptors (Lipinski definition) is 3. The van der Waals surface area contributed by atoms with E-state index >= 15 is 0 Å².